The highest BCUT2D eigenvalue weighted by atomic mass is 35.5. The molecule has 0 aliphatic carbocycles. The first-order valence-electron chi connectivity index (χ1n) is 6.81. The summed E-state index contributed by atoms with van der Waals surface area (Å²) in [7, 11) is 0. The molecule has 1 amide bonds. The minimum atomic E-state index is -1.33. The van der Waals surface area contributed by atoms with E-state index >= 15 is 0 Å². The quantitative estimate of drug-likeness (QED) is 0.632. The highest BCUT2D eigenvalue weighted by Gasteiger charge is 2.29. The molecule has 0 aromatic heterocycles. The second-order valence-corrected chi connectivity index (χ2v) is 8.31. The lowest BCUT2D eigenvalue weighted by Gasteiger charge is -2.17. The van der Waals surface area contributed by atoms with Gasteiger partial charge in [-0.2, -0.15) is 0 Å². The minimum absolute atomic E-state index is 0.0124. The third-order valence-corrected chi connectivity index (χ3v) is 4.87. The van der Waals surface area contributed by atoms with E-state index < -0.39 is 16.1 Å². The summed E-state index contributed by atoms with van der Waals surface area (Å²) in [6, 6.07) is 3.45. The van der Waals surface area contributed by atoms with Crippen LogP contribution >= 0.6 is 11.6 Å². The van der Waals surface area contributed by atoms with E-state index in [0.29, 0.717) is 23.7 Å². The highest BCUT2D eigenvalue weighted by Crippen LogP contribution is 2.29. The Hall–Kier alpha value is -1.04. The van der Waals surface area contributed by atoms with E-state index in [1.54, 1.807) is 23.2 Å². The number of hydrogen-bond donors (Lipinski definition) is 0. The molecular weight excluding hydrogens is 308 g/mol. The summed E-state index contributed by atoms with van der Waals surface area (Å²) >= 11 is 4.75. The lowest BCUT2D eigenvalue weighted by atomic mass is 10.0. The van der Waals surface area contributed by atoms with Crippen LogP contribution in [0.25, 0.3) is 0 Å². The van der Waals surface area contributed by atoms with E-state index in [-0.39, 0.29) is 5.91 Å². The van der Waals surface area contributed by atoms with Gasteiger partial charge in [0.25, 0.3) is 5.91 Å². The van der Waals surface area contributed by atoms with Crippen LogP contribution < -0.4 is 0 Å². The number of amides is 1. The summed E-state index contributed by atoms with van der Waals surface area (Å²) in [4.78, 5) is 13.9. The van der Waals surface area contributed by atoms with Crippen LogP contribution in [0, 0.1) is 0 Å². The molecule has 0 spiro atoms. The summed E-state index contributed by atoms with van der Waals surface area (Å²) in [5, 5.41) is 0.489. The maximum Gasteiger partial charge on any atom is 0.254 e. The Morgan fingerprint density at radius 3 is 2.71 bits per heavy atom. The summed E-state index contributed by atoms with van der Waals surface area (Å²) in [6.45, 7) is 8.73. The molecular formula is C15H19ClN2O2S. The molecule has 1 unspecified atom stereocenters. The highest BCUT2D eigenvalue weighted by molar-refractivity contribution is 7.91. The largest absolute Gasteiger partial charge is 0.591 e. The fourth-order valence-electron chi connectivity index (χ4n) is 2.09. The first-order valence-corrected chi connectivity index (χ1v) is 8.30. The summed E-state index contributed by atoms with van der Waals surface area (Å²) < 4.78 is 15.7. The predicted octanol–water partition coefficient (Wildman–Crippen LogP) is 3.20. The molecule has 1 atom stereocenters. The van der Waals surface area contributed by atoms with Crippen LogP contribution in [0.3, 0.4) is 0 Å². The molecule has 1 aromatic rings. The zero-order valence-electron chi connectivity index (χ0n) is 12.6. The van der Waals surface area contributed by atoms with Gasteiger partial charge in [-0.25, -0.2) is 0 Å². The minimum Gasteiger partial charge on any atom is -0.591 e. The Balaban J connectivity index is 2.37. The lowest BCUT2D eigenvalue weighted by molar-refractivity contribution is 0.0787. The van der Waals surface area contributed by atoms with Gasteiger partial charge in [0.15, 0.2) is 0 Å². The van der Waals surface area contributed by atoms with Gasteiger partial charge in [0.1, 0.15) is 16.1 Å². The molecule has 1 aromatic carbocycles. The zero-order valence-corrected chi connectivity index (χ0v) is 14.2. The number of halogens is 1. The molecule has 1 aliphatic rings. The Kier molecular flexibility index (Phi) is 4.66. The zero-order chi connectivity index (χ0) is 15.8. The number of fused-ring (bicyclic) bond motifs is 1. The third-order valence-electron chi connectivity index (χ3n) is 3.31. The fraction of sp³-hybridized carbons (Fsp3) is 0.467. The van der Waals surface area contributed by atoms with Crippen molar-refractivity contribution in [3.05, 3.63) is 33.8 Å². The van der Waals surface area contributed by atoms with Crippen LogP contribution in [-0.2, 0) is 17.9 Å². The van der Waals surface area contributed by atoms with Crippen LogP contribution in [0.4, 0.5) is 0 Å². The number of carbonyl (C=O) groups is 1. The second-order valence-electron chi connectivity index (χ2n) is 5.94. The van der Waals surface area contributed by atoms with Crippen molar-refractivity contribution in [3.8, 4) is 0 Å². The van der Waals surface area contributed by atoms with Crippen molar-refractivity contribution in [2.45, 2.75) is 39.0 Å². The van der Waals surface area contributed by atoms with Gasteiger partial charge in [-0.3, -0.25) is 4.79 Å². The molecule has 0 N–H and O–H groups in total. The van der Waals surface area contributed by atoms with Crippen molar-refractivity contribution in [1.29, 1.82) is 0 Å². The van der Waals surface area contributed by atoms with Crippen LogP contribution in [0.5, 0.6) is 0 Å². The molecule has 6 heteroatoms. The molecule has 0 bridgehead atoms. The van der Waals surface area contributed by atoms with Crippen molar-refractivity contribution in [2.75, 3.05) is 6.54 Å². The first kappa shape index (κ1) is 16.3. The SMILES string of the molecule is CCN1Cc2c(C=N[S+]([O-])C(C)(C)C)cc(Cl)cc2C1=O. The molecule has 114 valence electrons. The Morgan fingerprint density at radius 2 is 2.14 bits per heavy atom. The molecule has 0 saturated heterocycles. The van der Waals surface area contributed by atoms with Crippen molar-refractivity contribution >= 4 is 35.1 Å². The van der Waals surface area contributed by atoms with E-state index in [1.807, 2.05) is 27.7 Å². The average molecular weight is 327 g/mol. The molecule has 21 heavy (non-hydrogen) atoms. The van der Waals surface area contributed by atoms with E-state index in [9.17, 15) is 9.35 Å². The molecule has 0 radical (unpaired) electrons. The normalized spacial score (nSPS) is 16.7. The second kappa shape index (κ2) is 5.99. The standard InChI is InChI=1S/C15H19ClN2O2S/c1-5-18-9-13-10(8-17-21(20)15(2,3)4)6-11(16)7-12(13)14(18)19/h6-8H,5,9H2,1-4H3. The van der Waals surface area contributed by atoms with Crippen LogP contribution in [0.15, 0.2) is 16.5 Å². The van der Waals surface area contributed by atoms with Crippen molar-refractivity contribution in [2.24, 2.45) is 4.40 Å². The molecule has 1 aliphatic heterocycles. The monoisotopic (exact) mass is 326 g/mol. The number of carbonyl (C=O) groups excluding carboxylic acids is 1. The number of benzene rings is 1. The van der Waals surface area contributed by atoms with Crippen LogP contribution in [-0.4, -0.2) is 32.9 Å². The maximum atomic E-state index is 12.2. The summed E-state index contributed by atoms with van der Waals surface area (Å²) in [5.41, 5.74) is 2.28. The Labute approximate surface area is 133 Å². The number of rotatable bonds is 3. The Bertz CT molecular complexity index is 596. The molecule has 0 fully saturated rings. The van der Waals surface area contributed by atoms with Crippen molar-refractivity contribution in [3.63, 3.8) is 0 Å². The first-order chi connectivity index (χ1) is 9.74. The van der Waals surface area contributed by atoms with Crippen LogP contribution in [0.2, 0.25) is 5.02 Å². The average Bonchev–Trinajstić information content (AvgIpc) is 2.71. The molecule has 0 saturated carbocycles. The van der Waals surface area contributed by atoms with Gasteiger partial charge in [-0.15, -0.1) is 0 Å². The number of nitrogens with zero attached hydrogens (tertiary/aromatic N) is 2. The van der Waals surface area contributed by atoms with Gasteiger partial charge < -0.3 is 9.45 Å². The smallest absolute Gasteiger partial charge is 0.254 e. The van der Waals surface area contributed by atoms with Gasteiger partial charge in [0.2, 0.25) is 0 Å². The summed E-state index contributed by atoms with van der Waals surface area (Å²) in [6.07, 6.45) is 1.57. The topological polar surface area (TPSA) is 55.7 Å². The summed E-state index contributed by atoms with van der Waals surface area (Å²) in [5.74, 6) is -0.0124. The van der Waals surface area contributed by atoms with Crippen LogP contribution in [0.1, 0.15) is 49.2 Å². The van der Waals surface area contributed by atoms with E-state index in [4.69, 9.17) is 11.6 Å². The van der Waals surface area contributed by atoms with Gasteiger partial charge in [0.05, 0.1) is 6.21 Å². The van der Waals surface area contributed by atoms with Crippen molar-refractivity contribution in [1.82, 2.24) is 4.90 Å². The molecule has 4 nitrogen and oxygen atoms in total. The van der Waals surface area contributed by atoms with E-state index in [0.717, 1.165) is 11.1 Å². The van der Waals surface area contributed by atoms with Gasteiger partial charge >= 0.3 is 0 Å². The van der Waals surface area contributed by atoms with E-state index in [2.05, 4.69) is 4.40 Å². The van der Waals surface area contributed by atoms with Gasteiger partial charge in [-0.05, 0) is 45.4 Å². The Morgan fingerprint density at radius 1 is 1.48 bits per heavy atom. The molecule has 2 rings (SSSR count). The predicted molar refractivity (Wildman–Crippen MR) is 87.4 cm³/mol. The lowest BCUT2D eigenvalue weighted by Crippen LogP contribution is -2.25. The number of hydrogen-bond acceptors (Lipinski definition) is 3. The van der Waals surface area contributed by atoms with Gasteiger partial charge in [0, 0.05) is 29.2 Å². The van der Waals surface area contributed by atoms with E-state index in [1.165, 1.54) is 0 Å². The third kappa shape index (κ3) is 3.42. The maximum absolute atomic E-state index is 12.2. The molecule has 1 heterocycles. The van der Waals surface area contributed by atoms with Crippen molar-refractivity contribution < 1.29 is 9.35 Å². The van der Waals surface area contributed by atoms with Gasteiger partial charge in [-0.1, -0.05) is 16.0 Å². The fourth-order valence-corrected chi connectivity index (χ4v) is 2.84.